The molecule has 0 saturated heterocycles. The average Bonchev–Trinajstić information content (AvgIpc) is 3.05. The molecule has 1 rings (SSSR count). The van der Waals surface area contributed by atoms with Gasteiger partial charge in [-0.3, -0.25) is 0 Å². The molecule has 4 heteroatoms. The number of rotatable bonds is 32. The van der Waals surface area contributed by atoms with Gasteiger partial charge in [-0.05, 0) is 24.8 Å². The van der Waals surface area contributed by atoms with Gasteiger partial charge in [0.2, 0.25) is 0 Å². The van der Waals surface area contributed by atoms with Gasteiger partial charge in [0.25, 0.3) is 11.4 Å². The Balaban J connectivity index is 2.35. The lowest BCUT2D eigenvalue weighted by atomic mass is 9.85. The van der Waals surface area contributed by atoms with Crippen LogP contribution in [0.25, 0.3) is 11.1 Å². The van der Waals surface area contributed by atoms with Crippen molar-refractivity contribution in [2.24, 2.45) is 5.92 Å². The highest BCUT2D eigenvalue weighted by molar-refractivity contribution is 6.03. The van der Waals surface area contributed by atoms with Crippen LogP contribution in [0.2, 0.25) is 0 Å². The monoisotopic (exact) mass is 607 g/mol. The van der Waals surface area contributed by atoms with Gasteiger partial charge in [-0.1, -0.05) is 198 Å². The number of unbranched alkanes of at least 4 members (excludes halogenated alkanes) is 24. The molecule has 0 bridgehead atoms. The summed E-state index contributed by atoms with van der Waals surface area (Å²) in [6.45, 7) is 4.56. The normalized spacial score (nSPS) is 11.7. The molecule has 44 heavy (non-hydrogen) atoms. The van der Waals surface area contributed by atoms with Gasteiger partial charge in [0.1, 0.15) is 0 Å². The summed E-state index contributed by atoms with van der Waals surface area (Å²) >= 11 is 0. The second-order valence-corrected chi connectivity index (χ2v) is 13.4. The first-order valence-electron chi connectivity index (χ1n) is 19.2. The van der Waals surface area contributed by atoms with Crippen LogP contribution in [0.3, 0.4) is 0 Å². The van der Waals surface area contributed by atoms with Gasteiger partial charge in [-0.15, -0.1) is 0 Å². The minimum absolute atomic E-state index is 0.137. The third kappa shape index (κ3) is 22.5. The number of hydrogen-bond acceptors (Lipinski definition) is 0. The molecule has 0 aliphatic carbocycles. The van der Waals surface area contributed by atoms with E-state index in [0.717, 1.165) is 43.5 Å². The fraction of sp³-hybridized carbons (Fsp3) is 0.800. The molecule has 0 aliphatic heterocycles. The molecule has 0 unspecified atom stereocenters. The van der Waals surface area contributed by atoms with Crippen LogP contribution in [0, 0.1) is 5.92 Å². The van der Waals surface area contributed by atoms with E-state index in [0.29, 0.717) is 0 Å². The van der Waals surface area contributed by atoms with E-state index >= 15 is 0 Å². The Bertz CT molecular complexity index is 815. The summed E-state index contributed by atoms with van der Waals surface area (Å²) in [6, 6.07) is 10.4. The molecule has 0 amide bonds. The van der Waals surface area contributed by atoms with Crippen LogP contribution in [0.4, 0.5) is 0 Å². The fourth-order valence-corrected chi connectivity index (χ4v) is 6.51. The molecule has 1 aromatic rings. The SMILES string of the molecule is CCCCCCCCCCCCCCCC(=[N+]=[N-])C(Cc1ccccc1)C(CCCCCCCCCCCCCCC)=[N+]=[N-]. The molecular weight excluding hydrogens is 536 g/mol. The van der Waals surface area contributed by atoms with Crippen LogP contribution in [0.5, 0.6) is 0 Å². The minimum atomic E-state index is -0.137. The molecule has 0 aliphatic rings. The van der Waals surface area contributed by atoms with E-state index in [1.807, 2.05) is 6.07 Å². The second kappa shape index (κ2) is 31.0. The highest BCUT2D eigenvalue weighted by Crippen LogP contribution is 2.20. The van der Waals surface area contributed by atoms with E-state index in [2.05, 4.69) is 47.7 Å². The lowest BCUT2D eigenvalue weighted by Crippen LogP contribution is -2.28. The number of hydrogen-bond donors (Lipinski definition) is 0. The third-order valence-electron chi connectivity index (χ3n) is 9.42. The van der Waals surface area contributed by atoms with Crippen molar-refractivity contribution in [3.63, 3.8) is 0 Å². The van der Waals surface area contributed by atoms with Crippen LogP contribution >= 0.6 is 0 Å². The van der Waals surface area contributed by atoms with Gasteiger partial charge in [0.15, 0.2) is 5.92 Å². The summed E-state index contributed by atoms with van der Waals surface area (Å²) in [5.41, 5.74) is 22.8. The molecule has 0 N–H and O–H groups in total. The zero-order valence-corrected chi connectivity index (χ0v) is 29.3. The molecular formula is C40H70N4. The van der Waals surface area contributed by atoms with Crippen molar-refractivity contribution in [1.29, 1.82) is 0 Å². The molecule has 0 radical (unpaired) electrons. The summed E-state index contributed by atoms with van der Waals surface area (Å²) in [7, 11) is 0. The lowest BCUT2D eigenvalue weighted by molar-refractivity contribution is -0.0274. The van der Waals surface area contributed by atoms with Gasteiger partial charge in [-0.2, -0.15) is 9.58 Å². The summed E-state index contributed by atoms with van der Waals surface area (Å²) in [5.74, 6) is -0.137. The Morgan fingerprint density at radius 1 is 0.455 bits per heavy atom. The van der Waals surface area contributed by atoms with E-state index in [1.165, 1.54) is 160 Å². The Morgan fingerprint density at radius 2 is 0.750 bits per heavy atom. The van der Waals surface area contributed by atoms with Crippen LogP contribution in [-0.4, -0.2) is 21.0 Å². The van der Waals surface area contributed by atoms with Crippen molar-refractivity contribution in [1.82, 2.24) is 0 Å². The number of nitrogens with zero attached hydrogens (tertiary/aromatic N) is 4. The molecule has 0 heterocycles. The largest absolute Gasteiger partial charge is 0.362 e. The average molecular weight is 607 g/mol. The van der Waals surface area contributed by atoms with Gasteiger partial charge in [0.05, 0.1) is 0 Å². The van der Waals surface area contributed by atoms with E-state index in [1.54, 1.807) is 0 Å². The lowest BCUT2D eigenvalue weighted by Gasteiger charge is -2.10. The Morgan fingerprint density at radius 3 is 1.05 bits per heavy atom. The first-order valence-corrected chi connectivity index (χ1v) is 19.2. The smallest absolute Gasteiger partial charge is 0.283 e. The fourth-order valence-electron chi connectivity index (χ4n) is 6.51. The highest BCUT2D eigenvalue weighted by Gasteiger charge is 2.34. The van der Waals surface area contributed by atoms with Crippen LogP contribution in [-0.2, 0) is 6.42 Å². The molecule has 0 aromatic heterocycles. The highest BCUT2D eigenvalue weighted by atomic mass is 14.9. The van der Waals surface area contributed by atoms with Gasteiger partial charge >= 0.3 is 0 Å². The maximum Gasteiger partial charge on any atom is 0.283 e. The topological polar surface area (TPSA) is 72.8 Å². The van der Waals surface area contributed by atoms with Crippen molar-refractivity contribution in [3.8, 4) is 0 Å². The predicted molar refractivity (Wildman–Crippen MR) is 192 cm³/mol. The van der Waals surface area contributed by atoms with Crippen molar-refractivity contribution in [2.45, 2.75) is 200 Å². The van der Waals surface area contributed by atoms with Crippen LogP contribution in [0.1, 0.15) is 199 Å². The summed E-state index contributed by atoms with van der Waals surface area (Å²) in [5, 5.41) is 0. The molecule has 250 valence electrons. The van der Waals surface area contributed by atoms with Crippen molar-refractivity contribution < 1.29 is 9.58 Å². The van der Waals surface area contributed by atoms with Gasteiger partial charge in [0, 0.05) is 12.8 Å². The molecule has 0 atom stereocenters. The maximum atomic E-state index is 10.0. The third-order valence-corrected chi connectivity index (χ3v) is 9.42. The second-order valence-electron chi connectivity index (χ2n) is 13.4. The van der Waals surface area contributed by atoms with E-state index in [-0.39, 0.29) is 5.92 Å². The quantitative estimate of drug-likeness (QED) is 0.0339. The van der Waals surface area contributed by atoms with Crippen LogP contribution < -0.4 is 0 Å². The predicted octanol–water partition coefficient (Wildman–Crippen LogP) is 13.1. The zero-order chi connectivity index (χ0) is 31.8. The summed E-state index contributed by atoms with van der Waals surface area (Å²) < 4.78 is 0. The maximum absolute atomic E-state index is 10.0. The van der Waals surface area contributed by atoms with Gasteiger partial charge < -0.3 is 11.1 Å². The molecule has 4 nitrogen and oxygen atoms in total. The Hall–Kier alpha value is -2.02. The minimum Gasteiger partial charge on any atom is -0.362 e. The van der Waals surface area contributed by atoms with E-state index < -0.39 is 0 Å². The summed E-state index contributed by atoms with van der Waals surface area (Å²) in [6.07, 6.45) is 36.6. The van der Waals surface area contributed by atoms with Crippen molar-refractivity contribution >= 4 is 11.4 Å². The molecule has 0 spiro atoms. The first kappa shape index (κ1) is 40.0. The van der Waals surface area contributed by atoms with Crippen molar-refractivity contribution in [3.05, 3.63) is 47.0 Å². The summed E-state index contributed by atoms with van der Waals surface area (Å²) in [4.78, 5) is 7.57. The van der Waals surface area contributed by atoms with E-state index in [9.17, 15) is 11.1 Å². The first-order chi connectivity index (χ1) is 21.8. The van der Waals surface area contributed by atoms with Crippen LogP contribution in [0.15, 0.2) is 30.3 Å². The molecule has 1 aromatic carbocycles. The Kier molecular flexibility index (Phi) is 28.2. The van der Waals surface area contributed by atoms with Gasteiger partial charge in [-0.25, -0.2) is 0 Å². The van der Waals surface area contributed by atoms with Crippen molar-refractivity contribution in [2.75, 3.05) is 0 Å². The van der Waals surface area contributed by atoms with E-state index in [4.69, 9.17) is 0 Å². The number of benzene rings is 1. The Labute approximate surface area is 273 Å². The molecule has 0 fully saturated rings. The molecule has 0 saturated carbocycles. The zero-order valence-electron chi connectivity index (χ0n) is 29.3. The standard InChI is InChI=1S/C40H70N4/c1-3-5-7-9-11-13-15-17-19-21-23-25-30-34-39(43-41)38(36-37-32-28-27-29-33-37)40(44-42)35-31-26-24-22-20-18-16-14-12-10-8-6-4-2/h27-29,32-33,38H,3-26,30-31,34-36H2,1-2H3.